The first-order valence-corrected chi connectivity index (χ1v) is 7.96. The van der Waals surface area contributed by atoms with Crippen LogP contribution in [0.1, 0.15) is 30.8 Å². The molecule has 3 rings (SSSR count). The lowest BCUT2D eigenvalue weighted by Gasteiger charge is -2.14. The number of hydrogen-bond donors (Lipinski definition) is 1. The van der Waals surface area contributed by atoms with Crippen molar-refractivity contribution in [3.8, 4) is 0 Å². The van der Waals surface area contributed by atoms with Gasteiger partial charge in [-0.15, -0.1) is 0 Å². The standard InChI is InChI=1S/C13H17N3O3S/c1-9-5-11(9)12-4-3-10(19-12)7-16(2)20(17,18)13-6-14-8-15-13/h3-4,6,8-9,11H,5,7H2,1-2H3,(H,14,15). The number of furan rings is 1. The third kappa shape index (κ3) is 2.38. The van der Waals surface area contributed by atoms with Crippen LogP contribution in [0.4, 0.5) is 0 Å². The van der Waals surface area contributed by atoms with Crippen LogP contribution in [0.2, 0.25) is 0 Å². The fraction of sp³-hybridized carbons (Fsp3) is 0.462. The molecule has 0 saturated heterocycles. The van der Waals surface area contributed by atoms with Gasteiger partial charge in [-0.3, -0.25) is 0 Å². The summed E-state index contributed by atoms with van der Waals surface area (Å²) >= 11 is 0. The molecule has 2 aromatic heterocycles. The first kappa shape index (κ1) is 13.4. The van der Waals surface area contributed by atoms with Gasteiger partial charge in [-0.1, -0.05) is 6.92 Å². The summed E-state index contributed by atoms with van der Waals surface area (Å²) in [7, 11) is -2.02. The SMILES string of the molecule is CC1CC1c1ccc(CN(C)S(=O)(=O)c2cnc[nH]2)o1. The van der Waals surface area contributed by atoms with Crippen molar-refractivity contribution in [2.24, 2.45) is 5.92 Å². The molecular formula is C13H17N3O3S. The van der Waals surface area contributed by atoms with Crippen molar-refractivity contribution in [3.63, 3.8) is 0 Å². The highest BCUT2D eigenvalue weighted by Gasteiger charge is 2.36. The van der Waals surface area contributed by atoms with Gasteiger partial charge in [0.05, 0.1) is 19.1 Å². The van der Waals surface area contributed by atoms with E-state index in [9.17, 15) is 8.42 Å². The molecule has 1 aliphatic rings. The molecule has 0 bridgehead atoms. The minimum absolute atomic E-state index is 0.0857. The first-order chi connectivity index (χ1) is 9.48. The topological polar surface area (TPSA) is 79.2 Å². The van der Waals surface area contributed by atoms with Crippen LogP contribution in [-0.2, 0) is 16.6 Å². The van der Waals surface area contributed by atoms with E-state index in [1.54, 1.807) is 0 Å². The molecule has 0 amide bonds. The molecule has 108 valence electrons. The molecule has 2 unspecified atom stereocenters. The fourth-order valence-electron chi connectivity index (χ4n) is 2.25. The monoisotopic (exact) mass is 295 g/mol. The van der Waals surface area contributed by atoms with E-state index in [1.165, 1.54) is 23.9 Å². The Morgan fingerprint density at radius 1 is 1.50 bits per heavy atom. The maximum absolute atomic E-state index is 12.2. The summed E-state index contributed by atoms with van der Waals surface area (Å²) < 4.78 is 31.4. The van der Waals surface area contributed by atoms with Crippen LogP contribution in [0.15, 0.2) is 34.1 Å². The summed E-state index contributed by atoms with van der Waals surface area (Å²) in [5.74, 6) is 2.78. The Balaban J connectivity index is 1.73. The van der Waals surface area contributed by atoms with E-state index in [-0.39, 0.29) is 11.6 Å². The molecule has 0 aliphatic heterocycles. The van der Waals surface area contributed by atoms with Crippen LogP contribution in [0.3, 0.4) is 0 Å². The van der Waals surface area contributed by atoms with Crippen molar-refractivity contribution in [1.82, 2.24) is 14.3 Å². The summed E-state index contributed by atoms with van der Waals surface area (Å²) in [5.41, 5.74) is 0. The van der Waals surface area contributed by atoms with Gasteiger partial charge < -0.3 is 9.40 Å². The lowest BCUT2D eigenvalue weighted by molar-refractivity contribution is 0.389. The number of imidazole rings is 1. The predicted octanol–water partition coefficient (Wildman–Crippen LogP) is 1.95. The number of rotatable bonds is 5. The number of aromatic amines is 1. The highest BCUT2D eigenvalue weighted by molar-refractivity contribution is 7.89. The Hall–Kier alpha value is -1.60. The van der Waals surface area contributed by atoms with Crippen LogP contribution < -0.4 is 0 Å². The van der Waals surface area contributed by atoms with Crippen LogP contribution in [-0.4, -0.2) is 29.7 Å². The Morgan fingerprint density at radius 3 is 2.85 bits per heavy atom. The Morgan fingerprint density at radius 2 is 2.25 bits per heavy atom. The average molecular weight is 295 g/mol. The summed E-state index contributed by atoms with van der Waals surface area (Å²) in [6.45, 7) is 2.39. The van der Waals surface area contributed by atoms with Gasteiger partial charge in [-0.25, -0.2) is 13.4 Å². The first-order valence-electron chi connectivity index (χ1n) is 6.52. The van der Waals surface area contributed by atoms with E-state index in [0.717, 1.165) is 12.2 Å². The zero-order valence-corrected chi connectivity index (χ0v) is 12.2. The van der Waals surface area contributed by atoms with Crippen LogP contribution in [0.25, 0.3) is 0 Å². The smallest absolute Gasteiger partial charge is 0.260 e. The van der Waals surface area contributed by atoms with Gasteiger partial charge in [0.1, 0.15) is 11.5 Å². The van der Waals surface area contributed by atoms with Gasteiger partial charge in [0.15, 0.2) is 5.03 Å². The Bertz CT molecular complexity index is 690. The number of nitrogens with zero attached hydrogens (tertiary/aromatic N) is 2. The molecule has 1 aliphatic carbocycles. The average Bonchev–Trinajstić information content (AvgIpc) is 2.90. The van der Waals surface area contributed by atoms with E-state index in [2.05, 4.69) is 16.9 Å². The summed E-state index contributed by atoms with van der Waals surface area (Å²) in [5, 5.41) is 0.0857. The quantitative estimate of drug-likeness (QED) is 0.914. The minimum Gasteiger partial charge on any atom is -0.464 e. The minimum atomic E-state index is -3.54. The Kier molecular flexibility index (Phi) is 3.18. The van der Waals surface area contributed by atoms with Crippen molar-refractivity contribution in [1.29, 1.82) is 0 Å². The van der Waals surface area contributed by atoms with Crippen LogP contribution in [0.5, 0.6) is 0 Å². The molecule has 2 heterocycles. The molecule has 6 nitrogen and oxygen atoms in total. The van der Waals surface area contributed by atoms with Crippen LogP contribution in [0, 0.1) is 5.92 Å². The second kappa shape index (κ2) is 4.75. The lowest BCUT2D eigenvalue weighted by Crippen LogP contribution is -2.26. The second-order valence-electron chi connectivity index (χ2n) is 5.30. The van der Waals surface area contributed by atoms with E-state index >= 15 is 0 Å². The third-order valence-corrected chi connectivity index (χ3v) is 5.43. The Labute approximate surface area is 117 Å². The molecule has 2 aromatic rings. The van der Waals surface area contributed by atoms with Crippen LogP contribution >= 0.6 is 0 Å². The van der Waals surface area contributed by atoms with Crippen molar-refractivity contribution in [3.05, 3.63) is 36.2 Å². The molecule has 1 saturated carbocycles. The van der Waals surface area contributed by atoms with Gasteiger partial charge in [-0.05, 0) is 24.5 Å². The summed E-state index contributed by atoms with van der Waals surface area (Å²) in [4.78, 5) is 6.35. The van der Waals surface area contributed by atoms with Gasteiger partial charge in [-0.2, -0.15) is 4.31 Å². The lowest BCUT2D eigenvalue weighted by atomic mass is 10.3. The molecule has 0 radical (unpaired) electrons. The zero-order valence-electron chi connectivity index (χ0n) is 11.4. The number of sulfonamides is 1. The molecule has 0 aromatic carbocycles. The highest BCUT2D eigenvalue weighted by Crippen LogP contribution is 2.47. The molecular weight excluding hydrogens is 278 g/mol. The second-order valence-corrected chi connectivity index (χ2v) is 7.31. The molecule has 1 fully saturated rings. The third-order valence-electron chi connectivity index (χ3n) is 3.70. The van der Waals surface area contributed by atoms with Crippen molar-refractivity contribution in [2.45, 2.75) is 30.8 Å². The van der Waals surface area contributed by atoms with Crippen molar-refractivity contribution in [2.75, 3.05) is 7.05 Å². The fourth-order valence-corrected chi connectivity index (χ4v) is 3.28. The van der Waals surface area contributed by atoms with Gasteiger partial charge >= 0.3 is 0 Å². The predicted molar refractivity (Wildman–Crippen MR) is 72.5 cm³/mol. The normalized spacial score (nSPS) is 22.4. The van der Waals surface area contributed by atoms with Crippen molar-refractivity contribution >= 4 is 10.0 Å². The largest absolute Gasteiger partial charge is 0.464 e. The molecule has 20 heavy (non-hydrogen) atoms. The molecule has 2 atom stereocenters. The van der Waals surface area contributed by atoms with Gasteiger partial charge in [0.2, 0.25) is 0 Å². The van der Waals surface area contributed by atoms with Gasteiger partial charge in [0, 0.05) is 13.0 Å². The maximum Gasteiger partial charge on any atom is 0.260 e. The molecule has 0 spiro atoms. The number of H-pyrrole nitrogens is 1. The van der Waals surface area contributed by atoms with E-state index < -0.39 is 10.0 Å². The van der Waals surface area contributed by atoms with E-state index in [0.29, 0.717) is 17.6 Å². The summed E-state index contributed by atoms with van der Waals surface area (Å²) in [6, 6.07) is 3.79. The van der Waals surface area contributed by atoms with E-state index in [1.807, 2.05) is 12.1 Å². The number of aromatic nitrogens is 2. The molecule has 7 heteroatoms. The van der Waals surface area contributed by atoms with Gasteiger partial charge in [0.25, 0.3) is 10.0 Å². The maximum atomic E-state index is 12.2. The zero-order chi connectivity index (χ0) is 14.3. The van der Waals surface area contributed by atoms with E-state index in [4.69, 9.17) is 4.42 Å². The number of nitrogens with one attached hydrogen (secondary N) is 1. The number of hydrogen-bond acceptors (Lipinski definition) is 4. The van der Waals surface area contributed by atoms with Crippen molar-refractivity contribution < 1.29 is 12.8 Å². The molecule has 1 N–H and O–H groups in total. The highest BCUT2D eigenvalue weighted by atomic mass is 32.2. The summed E-state index contributed by atoms with van der Waals surface area (Å²) in [6.07, 6.45) is 3.79.